The highest BCUT2D eigenvalue weighted by molar-refractivity contribution is 7.47. The number of carbonyl (C=O) groups is 4. The number of ether oxygens (including phenoxy) is 4. The third-order valence-electron chi connectivity index (χ3n) is 16.9. The summed E-state index contributed by atoms with van der Waals surface area (Å²) in [5.41, 5.74) is 0. The smallest absolute Gasteiger partial charge is 0.462 e. The van der Waals surface area contributed by atoms with Gasteiger partial charge in [-0.25, -0.2) is 9.13 Å². The highest BCUT2D eigenvalue weighted by Crippen LogP contribution is 2.45. The molecule has 0 aliphatic carbocycles. The largest absolute Gasteiger partial charge is 0.472 e. The number of esters is 4. The maximum atomic E-state index is 13.0. The van der Waals surface area contributed by atoms with Crippen LogP contribution >= 0.6 is 15.6 Å². The number of aliphatic hydroxyl groups is 1. The van der Waals surface area contributed by atoms with E-state index in [-0.39, 0.29) is 25.7 Å². The van der Waals surface area contributed by atoms with Gasteiger partial charge in [0.25, 0.3) is 0 Å². The molecule has 0 saturated heterocycles. The first-order chi connectivity index (χ1) is 43.6. The van der Waals surface area contributed by atoms with Crippen LogP contribution in [0.4, 0.5) is 0 Å². The molecule has 0 bridgehead atoms. The number of unbranched alkanes of at least 4 members (excludes halogenated alkanes) is 34. The van der Waals surface area contributed by atoms with Crippen LogP contribution in [-0.4, -0.2) is 96.7 Å². The molecule has 0 rings (SSSR count). The molecule has 19 heteroatoms. The number of phosphoric acid groups is 2. The second-order valence-electron chi connectivity index (χ2n) is 27.6. The molecule has 0 heterocycles. The molecule has 0 aromatic rings. The van der Waals surface area contributed by atoms with E-state index in [1.165, 1.54) is 154 Å². The van der Waals surface area contributed by atoms with Gasteiger partial charge in [-0.2, -0.15) is 0 Å². The zero-order valence-electron chi connectivity index (χ0n) is 59.5. The van der Waals surface area contributed by atoms with Gasteiger partial charge in [0, 0.05) is 25.7 Å². The monoisotopic (exact) mass is 1340 g/mol. The molecule has 3 unspecified atom stereocenters. The van der Waals surface area contributed by atoms with E-state index in [0.29, 0.717) is 31.6 Å². The first kappa shape index (κ1) is 89.1. The van der Waals surface area contributed by atoms with Gasteiger partial charge in [-0.3, -0.25) is 37.3 Å². The van der Waals surface area contributed by atoms with Crippen molar-refractivity contribution in [3.8, 4) is 0 Å². The minimum absolute atomic E-state index is 0.104. The van der Waals surface area contributed by atoms with E-state index in [1.807, 2.05) is 0 Å². The predicted molar refractivity (Wildman–Crippen MR) is 367 cm³/mol. The molecular formula is C72H140O17P2. The summed E-state index contributed by atoms with van der Waals surface area (Å²) < 4.78 is 68.3. The first-order valence-electron chi connectivity index (χ1n) is 37.2. The Bertz CT molecular complexity index is 1800. The Morgan fingerprint density at radius 1 is 0.308 bits per heavy atom. The Hall–Kier alpha value is -1.94. The van der Waals surface area contributed by atoms with Gasteiger partial charge in [0.1, 0.15) is 19.3 Å². The van der Waals surface area contributed by atoms with Crippen molar-refractivity contribution in [3.63, 3.8) is 0 Å². The molecule has 0 aromatic carbocycles. The first-order valence-corrected chi connectivity index (χ1v) is 40.2. The molecule has 0 fully saturated rings. The van der Waals surface area contributed by atoms with Crippen LogP contribution < -0.4 is 0 Å². The maximum absolute atomic E-state index is 13.0. The van der Waals surface area contributed by atoms with Crippen LogP contribution in [-0.2, 0) is 65.4 Å². The summed E-state index contributed by atoms with van der Waals surface area (Å²) in [5, 5.41) is 10.6. The molecular weight excluding hydrogens is 1200 g/mol. The molecule has 3 N–H and O–H groups in total. The van der Waals surface area contributed by atoms with Gasteiger partial charge in [0.2, 0.25) is 0 Å². The molecule has 0 saturated carbocycles. The van der Waals surface area contributed by atoms with Crippen LogP contribution in [0.1, 0.15) is 357 Å². The summed E-state index contributed by atoms with van der Waals surface area (Å²) in [5.74, 6) is 0.872. The molecule has 0 aliphatic heterocycles. The summed E-state index contributed by atoms with van der Waals surface area (Å²) in [6.45, 7) is 14.1. The Morgan fingerprint density at radius 3 is 0.780 bits per heavy atom. The van der Waals surface area contributed by atoms with Crippen molar-refractivity contribution in [3.05, 3.63) is 0 Å². The number of phosphoric ester groups is 2. The van der Waals surface area contributed by atoms with E-state index in [9.17, 15) is 43.2 Å². The lowest BCUT2D eigenvalue weighted by atomic mass is 9.99. The predicted octanol–water partition coefficient (Wildman–Crippen LogP) is 20.5. The van der Waals surface area contributed by atoms with Crippen LogP contribution in [0.25, 0.3) is 0 Å². The lowest BCUT2D eigenvalue weighted by Crippen LogP contribution is -2.30. The van der Waals surface area contributed by atoms with E-state index >= 15 is 0 Å². The molecule has 0 aliphatic rings. The van der Waals surface area contributed by atoms with Gasteiger partial charge in [-0.05, 0) is 49.4 Å². The summed E-state index contributed by atoms with van der Waals surface area (Å²) in [4.78, 5) is 72.6. The highest BCUT2D eigenvalue weighted by atomic mass is 31.2. The van der Waals surface area contributed by atoms with Gasteiger partial charge in [0.15, 0.2) is 12.2 Å². The van der Waals surface area contributed by atoms with E-state index in [1.54, 1.807) is 0 Å². The summed E-state index contributed by atoms with van der Waals surface area (Å²) in [6.07, 6.45) is 44.6. The van der Waals surface area contributed by atoms with Crippen molar-refractivity contribution in [2.24, 2.45) is 23.7 Å². The Labute approximate surface area is 556 Å². The molecule has 0 spiro atoms. The van der Waals surface area contributed by atoms with Crippen molar-refractivity contribution >= 4 is 39.5 Å². The molecule has 17 nitrogen and oxygen atoms in total. The van der Waals surface area contributed by atoms with Gasteiger partial charge >= 0.3 is 39.5 Å². The minimum Gasteiger partial charge on any atom is -0.462 e. The van der Waals surface area contributed by atoms with Gasteiger partial charge in [0.05, 0.1) is 26.4 Å². The van der Waals surface area contributed by atoms with Crippen molar-refractivity contribution < 1.29 is 80.2 Å². The fourth-order valence-electron chi connectivity index (χ4n) is 10.8. The SMILES string of the molecule is CCC(C)CCCCCCCCCCCCCCCCC(=O)O[C@H](COC(=O)CCCCCCCCC(C)C)COP(=O)(O)OC[C@H](O)COP(=O)(O)OC[C@@H](COC(=O)CCCCCCCCCCCCC(C)C)OC(=O)CCCCCCCCCCC(C)C. The fraction of sp³-hybridized carbons (Fsp3) is 0.944. The van der Waals surface area contributed by atoms with Crippen molar-refractivity contribution in [1.82, 2.24) is 0 Å². The van der Waals surface area contributed by atoms with Crippen molar-refractivity contribution in [2.45, 2.75) is 375 Å². The standard InChI is InChI=1S/C72H140O17P2/c1-9-65(8)51-43-35-26-19-14-12-10-11-13-15-21-28-38-46-54-71(76)88-68(59-83-70(75)53-45-37-31-30-34-42-50-64(6)7)61-87-91(80,81)85-57-66(73)56-84-90(78,79)86-60-67(89-72(77)55-47-39-29-23-22-25-33-41-49-63(4)5)58-82-69(74)52-44-36-27-20-17-16-18-24-32-40-48-62(2)3/h62-68,73H,9-61H2,1-8H3,(H,78,79)(H,80,81)/t65?,66-,67-,68-/m1/s1. The van der Waals surface area contributed by atoms with E-state index < -0.39 is 97.5 Å². The Kier molecular flexibility index (Phi) is 60.3. The third-order valence-corrected chi connectivity index (χ3v) is 18.8. The fourth-order valence-corrected chi connectivity index (χ4v) is 12.4. The second kappa shape index (κ2) is 61.6. The van der Waals surface area contributed by atoms with Crippen LogP contribution in [0, 0.1) is 23.7 Å². The quantitative estimate of drug-likeness (QED) is 0.0222. The summed E-state index contributed by atoms with van der Waals surface area (Å²) in [6, 6.07) is 0. The lowest BCUT2D eigenvalue weighted by molar-refractivity contribution is -0.161. The molecule has 0 amide bonds. The van der Waals surface area contributed by atoms with Gasteiger partial charge < -0.3 is 33.8 Å². The highest BCUT2D eigenvalue weighted by Gasteiger charge is 2.30. The number of aliphatic hydroxyl groups excluding tert-OH is 1. The Balaban J connectivity index is 5.21. The van der Waals surface area contributed by atoms with Gasteiger partial charge in [-0.1, -0.05) is 306 Å². The van der Waals surface area contributed by atoms with Gasteiger partial charge in [-0.15, -0.1) is 0 Å². The van der Waals surface area contributed by atoms with E-state index in [2.05, 4.69) is 55.4 Å². The van der Waals surface area contributed by atoms with Crippen LogP contribution in [0.5, 0.6) is 0 Å². The minimum atomic E-state index is -4.95. The zero-order valence-corrected chi connectivity index (χ0v) is 61.3. The maximum Gasteiger partial charge on any atom is 0.472 e. The average molecular weight is 1340 g/mol. The molecule has 540 valence electrons. The van der Waals surface area contributed by atoms with Crippen LogP contribution in [0.15, 0.2) is 0 Å². The number of hydrogen-bond acceptors (Lipinski definition) is 15. The topological polar surface area (TPSA) is 237 Å². The second-order valence-corrected chi connectivity index (χ2v) is 30.6. The lowest BCUT2D eigenvalue weighted by Gasteiger charge is -2.21. The number of carbonyl (C=O) groups excluding carboxylic acids is 4. The summed E-state index contributed by atoms with van der Waals surface area (Å²) >= 11 is 0. The molecule has 0 radical (unpaired) electrons. The number of hydrogen-bond donors (Lipinski definition) is 3. The van der Waals surface area contributed by atoms with Crippen LogP contribution in [0.2, 0.25) is 0 Å². The van der Waals surface area contributed by atoms with E-state index in [0.717, 1.165) is 114 Å². The van der Waals surface area contributed by atoms with Crippen molar-refractivity contribution in [1.29, 1.82) is 0 Å². The third kappa shape index (κ3) is 65.1. The molecule has 0 aromatic heterocycles. The number of rotatable bonds is 69. The molecule has 6 atom stereocenters. The average Bonchev–Trinajstić information content (AvgIpc) is 2.33. The Morgan fingerprint density at radius 2 is 0.527 bits per heavy atom. The van der Waals surface area contributed by atoms with Crippen LogP contribution in [0.3, 0.4) is 0 Å². The normalized spacial score (nSPS) is 14.5. The van der Waals surface area contributed by atoms with E-state index in [4.69, 9.17) is 37.0 Å². The van der Waals surface area contributed by atoms with Crippen molar-refractivity contribution in [2.75, 3.05) is 39.6 Å². The zero-order chi connectivity index (χ0) is 67.5. The summed E-state index contributed by atoms with van der Waals surface area (Å²) in [7, 11) is -9.90. The molecule has 91 heavy (non-hydrogen) atoms.